The largest absolute Gasteiger partial charge is 0.316 e. The maximum absolute atomic E-state index is 3.68. The zero-order chi connectivity index (χ0) is 12.5. The minimum atomic E-state index is 0.783. The van der Waals surface area contributed by atoms with Crippen LogP contribution in [0.25, 0.3) is 0 Å². The molecular formula is C15H31NS. The molecule has 0 heterocycles. The zero-order valence-corrected chi connectivity index (χ0v) is 12.8. The van der Waals surface area contributed by atoms with Crippen molar-refractivity contribution in [2.45, 2.75) is 52.4 Å². The van der Waals surface area contributed by atoms with E-state index in [0.29, 0.717) is 0 Å². The zero-order valence-electron chi connectivity index (χ0n) is 12.0. The maximum Gasteiger partial charge on any atom is -0.00178 e. The van der Waals surface area contributed by atoms with Gasteiger partial charge in [0.15, 0.2) is 0 Å². The van der Waals surface area contributed by atoms with E-state index in [-0.39, 0.29) is 0 Å². The van der Waals surface area contributed by atoms with Crippen LogP contribution in [0.15, 0.2) is 0 Å². The maximum atomic E-state index is 3.68. The molecule has 1 saturated carbocycles. The van der Waals surface area contributed by atoms with Crippen LogP contribution in [0.5, 0.6) is 0 Å². The lowest BCUT2D eigenvalue weighted by atomic mass is 9.86. The highest BCUT2D eigenvalue weighted by molar-refractivity contribution is 7.98. The van der Waals surface area contributed by atoms with Gasteiger partial charge in [0.1, 0.15) is 0 Å². The molecule has 1 aliphatic carbocycles. The molecule has 2 unspecified atom stereocenters. The number of hydrogen-bond donors (Lipinski definition) is 1. The van der Waals surface area contributed by atoms with Crippen molar-refractivity contribution in [3.63, 3.8) is 0 Å². The van der Waals surface area contributed by atoms with Crippen molar-refractivity contribution in [1.82, 2.24) is 5.32 Å². The van der Waals surface area contributed by atoms with Crippen LogP contribution in [0.3, 0.4) is 0 Å². The summed E-state index contributed by atoms with van der Waals surface area (Å²) in [5.74, 6) is 4.07. The molecule has 0 aromatic heterocycles. The molecule has 0 aliphatic heterocycles. The minimum Gasteiger partial charge on any atom is -0.316 e. The topological polar surface area (TPSA) is 12.0 Å². The van der Waals surface area contributed by atoms with E-state index < -0.39 is 0 Å². The molecule has 2 atom stereocenters. The van der Waals surface area contributed by atoms with Crippen molar-refractivity contribution in [3.05, 3.63) is 0 Å². The van der Waals surface area contributed by atoms with Gasteiger partial charge in [-0.2, -0.15) is 11.8 Å². The Morgan fingerprint density at radius 1 is 1.12 bits per heavy atom. The number of nitrogens with one attached hydrogen (secondary N) is 1. The highest BCUT2D eigenvalue weighted by atomic mass is 32.2. The third kappa shape index (κ3) is 6.71. The van der Waals surface area contributed by atoms with Crippen molar-refractivity contribution < 1.29 is 0 Å². The third-order valence-electron chi connectivity index (χ3n) is 3.97. The summed E-state index contributed by atoms with van der Waals surface area (Å²) < 4.78 is 0. The summed E-state index contributed by atoms with van der Waals surface area (Å²) in [5.41, 5.74) is 0. The molecule has 0 radical (unpaired) electrons. The molecule has 1 rings (SSSR count). The lowest BCUT2D eigenvalue weighted by Gasteiger charge is -2.25. The summed E-state index contributed by atoms with van der Waals surface area (Å²) in [6.07, 6.45) is 11.0. The standard InChI is InChI=1S/C15H31NS/c1-13(2)11-16-12-15-8-6-4-5-7-14(15)9-10-17-3/h13-16H,4-12H2,1-3H3. The van der Waals surface area contributed by atoms with Crippen LogP contribution in [0.4, 0.5) is 0 Å². The van der Waals surface area contributed by atoms with Crippen LogP contribution in [0, 0.1) is 17.8 Å². The molecule has 1 nitrogen and oxygen atoms in total. The fraction of sp³-hybridized carbons (Fsp3) is 1.00. The normalized spacial score (nSPS) is 26.1. The fourth-order valence-electron chi connectivity index (χ4n) is 2.94. The van der Waals surface area contributed by atoms with Crippen LogP contribution in [-0.4, -0.2) is 25.1 Å². The Morgan fingerprint density at radius 2 is 1.82 bits per heavy atom. The fourth-order valence-corrected chi connectivity index (χ4v) is 3.48. The van der Waals surface area contributed by atoms with Crippen molar-refractivity contribution >= 4 is 11.8 Å². The molecule has 1 fully saturated rings. The lowest BCUT2D eigenvalue weighted by Crippen LogP contribution is -2.30. The van der Waals surface area contributed by atoms with Gasteiger partial charge >= 0.3 is 0 Å². The Labute approximate surface area is 113 Å². The summed E-state index contributed by atoms with van der Waals surface area (Å²) in [6, 6.07) is 0. The van der Waals surface area contributed by atoms with Crippen molar-refractivity contribution in [2.24, 2.45) is 17.8 Å². The first-order valence-corrected chi connectivity index (χ1v) is 8.83. The molecule has 102 valence electrons. The molecule has 1 N–H and O–H groups in total. The number of rotatable bonds is 7. The molecule has 17 heavy (non-hydrogen) atoms. The van der Waals surface area contributed by atoms with Gasteiger partial charge in [0.2, 0.25) is 0 Å². The van der Waals surface area contributed by atoms with E-state index >= 15 is 0 Å². The van der Waals surface area contributed by atoms with E-state index in [0.717, 1.165) is 17.8 Å². The molecule has 0 aromatic rings. The van der Waals surface area contributed by atoms with E-state index in [1.165, 1.54) is 57.4 Å². The second kappa shape index (κ2) is 9.27. The van der Waals surface area contributed by atoms with Crippen molar-refractivity contribution in [1.29, 1.82) is 0 Å². The highest BCUT2D eigenvalue weighted by Crippen LogP contribution is 2.31. The molecular weight excluding hydrogens is 226 g/mol. The smallest absolute Gasteiger partial charge is 0.00178 e. The van der Waals surface area contributed by atoms with Crippen LogP contribution in [0.1, 0.15) is 52.4 Å². The molecule has 2 heteroatoms. The number of hydrogen-bond acceptors (Lipinski definition) is 2. The van der Waals surface area contributed by atoms with Crippen LogP contribution in [0.2, 0.25) is 0 Å². The molecule has 1 aliphatic rings. The Balaban J connectivity index is 2.32. The van der Waals surface area contributed by atoms with E-state index in [4.69, 9.17) is 0 Å². The van der Waals surface area contributed by atoms with Gasteiger partial charge in [0, 0.05) is 0 Å². The molecule has 0 bridgehead atoms. The van der Waals surface area contributed by atoms with E-state index in [2.05, 4.69) is 25.4 Å². The van der Waals surface area contributed by atoms with E-state index in [9.17, 15) is 0 Å². The quantitative estimate of drug-likeness (QED) is 0.687. The van der Waals surface area contributed by atoms with Gasteiger partial charge in [-0.3, -0.25) is 0 Å². The van der Waals surface area contributed by atoms with Crippen molar-refractivity contribution in [2.75, 3.05) is 25.1 Å². The first-order chi connectivity index (χ1) is 8.24. The van der Waals surface area contributed by atoms with Gasteiger partial charge in [0.25, 0.3) is 0 Å². The van der Waals surface area contributed by atoms with Gasteiger partial charge in [-0.15, -0.1) is 0 Å². The Kier molecular flexibility index (Phi) is 8.38. The average Bonchev–Trinajstić information content (AvgIpc) is 2.51. The first kappa shape index (κ1) is 15.4. The van der Waals surface area contributed by atoms with Crippen LogP contribution >= 0.6 is 11.8 Å². The SMILES string of the molecule is CSCCC1CCCCCC1CNCC(C)C. The van der Waals surface area contributed by atoms with Crippen molar-refractivity contribution in [3.8, 4) is 0 Å². The Morgan fingerprint density at radius 3 is 2.47 bits per heavy atom. The summed E-state index contributed by atoms with van der Waals surface area (Å²) in [4.78, 5) is 0. The highest BCUT2D eigenvalue weighted by Gasteiger charge is 2.22. The van der Waals surface area contributed by atoms with Gasteiger partial charge in [-0.25, -0.2) is 0 Å². The summed E-state index contributed by atoms with van der Waals surface area (Å²) in [7, 11) is 0. The second-order valence-electron chi connectivity index (χ2n) is 5.99. The lowest BCUT2D eigenvalue weighted by molar-refractivity contribution is 0.290. The Bertz CT molecular complexity index is 182. The number of thioether (sulfide) groups is 1. The molecule has 0 amide bonds. The predicted molar refractivity (Wildman–Crippen MR) is 80.8 cm³/mol. The predicted octanol–water partition coefficient (Wildman–Crippen LogP) is 4.18. The van der Waals surface area contributed by atoms with E-state index in [1.54, 1.807) is 0 Å². The van der Waals surface area contributed by atoms with Gasteiger partial charge in [-0.1, -0.05) is 39.5 Å². The summed E-state index contributed by atoms with van der Waals surface area (Å²) in [6.45, 7) is 7.04. The third-order valence-corrected chi connectivity index (χ3v) is 4.61. The van der Waals surface area contributed by atoms with Gasteiger partial charge in [-0.05, 0) is 55.7 Å². The van der Waals surface area contributed by atoms with Crippen LogP contribution < -0.4 is 5.32 Å². The monoisotopic (exact) mass is 257 g/mol. The summed E-state index contributed by atoms with van der Waals surface area (Å²) >= 11 is 2.01. The van der Waals surface area contributed by atoms with E-state index in [1.807, 2.05) is 11.8 Å². The van der Waals surface area contributed by atoms with Gasteiger partial charge in [0.05, 0.1) is 0 Å². The van der Waals surface area contributed by atoms with Gasteiger partial charge < -0.3 is 5.32 Å². The first-order valence-electron chi connectivity index (χ1n) is 7.43. The van der Waals surface area contributed by atoms with Crippen LogP contribution in [-0.2, 0) is 0 Å². The summed E-state index contributed by atoms with van der Waals surface area (Å²) in [5, 5.41) is 3.68. The second-order valence-corrected chi connectivity index (χ2v) is 6.98. The molecule has 0 aromatic carbocycles. The average molecular weight is 257 g/mol. The Hall–Kier alpha value is 0.310. The molecule has 0 spiro atoms. The molecule has 0 saturated heterocycles. The minimum absolute atomic E-state index is 0.783.